The van der Waals surface area contributed by atoms with Gasteiger partial charge in [-0.3, -0.25) is 4.79 Å². The standard InChI is InChI=1S/C11H13BrN2O2/c12-6-1-2-9(10(15)3-6)11(16)14-8-4-7(13)5-8/h1-3,7-8,15H,4-5,13H2,(H,14,16). The maximum atomic E-state index is 11.8. The molecule has 0 aliphatic heterocycles. The topological polar surface area (TPSA) is 75.3 Å². The first-order valence-corrected chi connectivity index (χ1v) is 5.90. The average molecular weight is 285 g/mol. The third-order valence-corrected chi connectivity index (χ3v) is 3.21. The van der Waals surface area contributed by atoms with E-state index in [9.17, 15) is 9.90 Å². The van der Waals surface area contributed by atoms with Crippen LogP contribution in [-0.2, 0) is 0 Å². The molecule has 1 amide bonds. The minimum Gasteiger partial charge on any atom is -0.507 e. The first kappa shape index (κ1) is 11.4. The zero-order valence-electron chi connectivity index (χ0n) is 8.61. The van der Waals surface area contributed by atoms with Gasteiger partial charge in [-0.15, -0.1) is 0 Å². The summed E-state index contributed by atoms with van der Waals surface area (Å²) in [6.45, 7) is 0. The monoisotopic (exact) mass is 284 g/mol. The molecule has 0 atom stereocenters. The average Bonchev–Trinajstić information content (AvgIpc) is 2.15. The molecular weight excluding hydrogens is 272 g/mol. The molecule has 1 aliphatic carbocycles. The Balaban J connectivity index is 2.03. The lowest BCUT2D eigenvalue weighted by Crippen LogP contribution is -2.50. The third kappa shape index (κ3) is 2.36. The second kappa shape index (κ2) is 4.43. The molecule has 2 rings (SSSR count). The van der Waals surface area contributed by atoms with Crippen LogP contribution in [0.3, 0.4) is 0 Å². The molecule has 1 aromatic carbocycles. The molecule has 0 radical (unpaired) electrons. The normalized spacial score (nSPS) is 23.6. The molecule has 1 aliphatic rings. The summed E-state index contributed by atoms with van der Waals surface area (Å²) < 4.78 is 0.743. The van der Waals surface area contributed by atoms with Crippen molar-refractivity contribution in [3.63, 3.8) is 0 Å². The summed E-state index contributed by atoms with van der Waals surface area (Å²) in [5, 5.41) is 12.4. The van der Waals surface area contributed by atoms with E-state index in [1.54, 1.807) is 12.1 Å². The van der Waals surface area contributed by atoms with Gasteiger partial charge in [0.15, 0.2) is 0 Å². The summed E-state index contributed by atoms with van der Waals surface area (Å²) in [6, 6.07) is 5.16. The van der Waals surface area contributed by atoms with Crippen LogP contribution in [0.4, 0.5) is 0 Å². The van der Waals surface area contributed by atoms with Crippen LogP contribution in [-0.4, -0.2) is 23.1 Å². The van der Waals surface area contributed by atoms with Crippen LogP contribution in [0.2, 0.25) is 0 Å². The summed E-state index contributed by atoms with van der Waals surface area (Å²) in [4.78, 5) is 11.8. The van der Waals surface area contributed by atoms with Gasteiger partial charge < -0.3 is 16.2 Å². The van der Waals surface area contributed by atoms with Crippen molar-refractivity contribution in [2.24, 2.45) is 5.73 Å². The highest BCUT2D eigenvalue weighted by atomic mass is 79.9. The van der Waals surface area contributed by atoms with Gasteiger partial charge in [-0.25, -0.2) is 0 Å². The predicted octanol–water partition coefficient (Wildman–Crippen LogP) is 1.37. The number of phenolic OH excluding ortho intramolecular Hbond substituents is 1. The Morgan fingerprint density at radius 3 is 2.75 bits per heavy atom. The number of carbonyl (C=O) groups is 1. The molecule has 4 N–H and O–H groups in total. The van der Waals surface area contributed by atoms with E-state index in [1.807, 2.05) is 0 Å². The molecule has 0 heterocycles. The predicted molar refractivity (Wildman–Crippen MR) is 64.3 cm³/mol. The fourth-order valence-electron chi connectivity index (χ4n) is 1.74. The molecule has 0 unspecified atom stereocenters. The van der Waals surface area contributed by atoms with Gasteiger partial charge in [-0.1, -0.05) is 15.9 Å². The van der Waals surface area contributed by atoms with Gasteiger partial charge in [0.25, 0.3) is 5.91 Å². The molecule has 0 aromatic heterocycles. The number of amides is 1. The fourth-order valence-corrected chi connectivity index (χ4v) is 2.09. The second-order valence-corrected chi connectivity index (χ2v) is 4.98. The molecule has 1 saturated carbocycles. The maximum Gasteiger partial charge on any atom is 0.255 e. The van der Waals surface area contributed by atoms with Crippen molar-refractivity contribution in [2.75, 3.05) is 0 Å². The van der Waals surface area contributed by atoms with E-state index in [4.69, 9.17) is 5.73 Å². The summed E-state index contributed by atoms with van der Waals surface area (Å²) in [7, 11) is 0. The Labute approximate surface area is 102 Å². The van der Waals surface area contributed by atoms with E-state index >= 15 is 0 Å². The molecule has 1 aromatic rings. The fraction of sp³-hybridized carbons (Fsp3) is 0.364. The van der Waals surface area contributed by atoms with Crippen molar-refractivity contribution in [3.05, 3.63) is 28.2 Å². The van der Waals surface area contributed by atoms with Crippen LogP contribution < -0.4 is 11.1 Å². The Kier molecular flexibility index (Phi) is 3.16. The van der Waals surface area contributed by atoms with Crippen molar-refractivity contribution in [2.45, 2.75) is 24.9 Å². The van der Waals surface area contributed by atoms with Gasteiger partial charge in [0.05, 0.1) is 5.56 Å². The molecule has 4 nitrogen and oxygen atoms in total. The highest BCUT2D eigenvalue weighted by Gasteiger charge is 2.27. The van der Waals surface area contributed by atoms with Crippen molar-refractivity contribution in [1.82, 2.24) is 5.32 Å². The first-order chi connectivity index (χ1) is 7.56. The van der Waals surface area contributed by atoms with Gasteiger partial charge in [0.2, 0.25) is 0 Å². The minimum absolute atomic E-state index is 0.0181. The number of halogens is 1. The van der Waals surface area contributed by atoms with E-state index in [-0.39, 0.29) is 23.7 Å². The SMILES string of the molecule is NC1CC(NC(=O)c2ccc(Br)cc2O)C1. The lowest BCUT2D eigenvalue weighted by atomic mass is 9.87. The highest BCUT2D eigenvalue weighted by Crippen LogP contribution is 2.23. The molecule has 0 bridgehead atoms. The van der Waals surface area contributed by atoms with Crippen molar-refractivity contribution >= 4 is 21.8 Å². The van der Waals surface area contributed by atoms with E-state index in [0.717, 1.165) is 17.3 Å². The van der Waals surface area contributed by atoms with Crippen LogP contribution in [0.5, 0.6) is 5.75 Å². The van der Waals surface area contributed by atoms with Gasteiger partial charge in [0.1, 0.15) is 5.75 Å². The Morgan fingerprint density at radius 2 is 2.19 bits per heavy atom. The second-order valence-electron chi connectivity index (χ2n) is 4.06. The Morgan fingerprint density at radius 1 is 1.50 bits per heavy atom. The number of aromatic hydroxyl groups is 1. The number of hydrogen-bond acceptors (Lipinski definition) is 3. The van der Waals surface area contributed by atoms with E-state index in [1.165, 1.54) is 6.07 Å². The molecule has 1 fully saturated rings. The zero-order valence-corrected chi connectivity index (χ0v) is 10.2. The van der Waals surface area contributed by atoms with Crippen LogP contribution in [0, 0.1) is 0 Å². The number of rotatable bonds is 2. The third-order valence-electron chi connectivity index (χ3n) is 2.71. The number of phenols is 1. The summed E-state index contributed by atoms with van der Waals surface area (Å²) in [6.07, 6.45) is 1.62. The highest BCUT2D eigenvalue weighted by molar-refractivity contribution is 9.10. The van der Waals surface area contributed by atoms with Gasteiger partial charge >= 0.3 is 0 Å². The molecule has 86 valence electrons. The number of hydrogen-bond donors (Lipinski definition) is 3. The van der Waals surface area contributed by atoms with Gasteiger partial charge in [-0.05, 0) is 31.0 Å². The summed E-state index contributed by atoms with van der Waals surface area (Å²) in [5.41, 5.74) is 5.92. The maximum absolute atomic E-state index is 11.8. The molecule has 5 heteroatoms. The van der Waals surface area contributed by atoms with Gasteiger partial charge in [0, 0.05) is 16.6 Å². The largest absolute Gasteiger partial charge is 0.507 e. The van der Waals surface area contributed by atoms with Crippen LogP contribution >= 0.6 is 15.9 Å². The molecular formula is C11H13BrN2O2. The van der Waals surface area contributed by atoms with Crippen LogP contribution in [0.15, 0.2) is 22.7 Å². The Bertz CT molecular complexity index is 416. The number of nitrogens with two attached hydrogens (primary N) is 1. The van der Waals surface area contributed by atoms with Crippen molar-refractivity contribution in [3.8, 4) is 5.75 Å². The zero-order chi connectivity index (χ0) is 11.7. The van der Waals surface area contributed by atoms with Crippen LogP contribution in [0.25, 0.3) is 0 Å². The lowest BCUT2D eigenvalue weighted by Gasteiger charge is -2.33. The van der Waals surface area contributed by atoms with Gasteiger partial charge in [-0.2, -0.15) is 0 Å². The van der Waals surface area contributed by atoms with Crippen LogP contribution in [0.1, 0.15) is 23.2 Å². The quantitative estimate of drug-likeness (QED) is 0.768. The molecule has 0 saturated heterocycles. The summed E-state index contributed by atoms with van der Waals surface area (Å²) >= 11 is 3.22. The minimum atomic E-state index is -0.248. The van der Waals surface area contributed by atoms with Crippen molar-refractivity contribution < 1.29 is 9.90 Å². The number of carbonyl (C=O) groups excluding carboxylic acids is 1. The van der Waals surface area contributed by atoms with E-state index in [0.29, 0.717) is 5.56 Å². The molecule has 16 heavy (non-hydrogen) atoms. The lowest BCUT2D eigenvalue weighted by molar-refractivity contribution is 0.0907. The Hall–Kier alpha value is -1.07. The van der Waals surface area contributed by atoms with E-state index < -0.39 is 0 Å². The van der Waals surface area contributed by atoms with Crippen molar-refractivity contribution in [1.29, 1.82) is 0 Å². The smallest absolute Gasteiger partial charge is 0.255 e. The summed E-state index contributed by atoms with van der Waals surface area (Å²) in [5.74, 6) is -0.266. The number of nitrogens with one attached hydrogen (secondary N) is 1. The molecule has 0 spiro atoms. The number of benzene rings is 1. The van der Waals surface area contributed by atoms with E-state index in [2.05, 4.69) is 21.2 Å². The first-order valence-electron chi connectivity index (χ1n) is 5.11.